The summed E-state index contributed by atoms with van der Waals surface area (Å²) in [4.78, 5) is 219. The van der Waals surface area contributed by atoms with Crippen LogP contribution in [0.5, 0.6) is 0 Å². The molecule has 0 aromatic rings. The van der Waals surface area contributed by atoms with Gasteiger partial charge >= 0.3 is 17.9 Å². The number of nitrogens with zero attached hydrogens (tertiary/aromatic N) is 2. The quantitative estimate of drug-likeness (QED) is 0.0334. The van der Waals surface area contributed by atoms with E-state index in [9.17, 15) is 87.2 Å². The topological polar surface area (TPSA) is 513 Å². The Hall–Kier alpha value is -8.78. The standard InChI is InChI=1S/C60H96N14O19/c1-8-32(4)20-15-13-11-9-10-12-14-16-23-42(76)66-36(26-41(62)75)53(85)72-50-35(7)65-54(86)40-22-19-25-74(40)58(90)47(31(2)3)70-57(89)49(34(6)61)69-44(78)30-64-51(83)37(27-45(79)80)67-43(77)29-63-52(84)38(28-46(81)82)68-56(88)48(33(5)60(92)93)71-55(87)39-21-17-18-24-73(39)59(50)91/h14,16,31-40,47-50H,8-13,15,17-30,61H2,1-7H3,(H2,62,75)(H,63,84)(H,64,83)(H,65,86)(H,66,76)(H,67,77)(H,68,88)(H,69,78)(H,70,89)(H,71,87)(H,72,85)(H,79,80)(H,81,82)(H,92,93)/b16-14-/t32-,33+,34-,35+,36-,37-,38-,39+,40-,47-,48-,49+,50-/m0/s1. The van der Waals surface area contributed by atoms with Crippen LogP contribution in [-0.2, 0) is 76.7 Å². The van der Waals surface area contributed by atoms with Crippen molar-refractivity contribution in [2.24, 2.45) is 29.2 Å². The molecule has 17 N–H and O–H groups in total. The van der Waals surface area contributed by atoms with Gasteiger partial charge in [0.05, 0.1) is 44.3 Å². The Morgan fingerprint density at radius 3 is 1.71 bits per heavy atom. The van der Waals surface area contributed by atoms with Crippen LogP contribution in [0.3, 0.4) is 0 Å². The molecule has 0 spiro atoms. The number of carbonyl (C=O) groups is 16. The van der Waals surface area contributed by atoms with E-state index in [2.05, 4.69) is 56.4 Å². The third-order valence-electron chi connectivity index (χ3n) is 16.4. The summed E-state index contributed by atoms with van der Waals surface area (Å²) >= 11 is 0. The first kappa shape index (κ1) is 78.5. The van der Waals surface area contributed by atoms with Crippen molar-refractivity contribution in [2.75, 3.05) is 26.2 Å². The van der Waals surface area contributed by atoms with Crippen LogP contribution in [-0.4, -0.2) is 212 Å². The lowest BCUT2D eigenvalue weighted by Gasteiger charge is -2.39. The number of nitrogens with one attached hydrogen (secondary N) is 10. The fourth-order valence-electron chi connectivity index (χ4n) is 10.7. The molecule has 0 aromatic carbocycles. The molecule has 0 aromatic heterocycles. The number of amides is 13. The highest BCUT2D eigenvalue weighted by atomic mass is 16.4. The highest BCUT2D eigenvalue weighted by Crippen LogP contribution is 2.24. The van der Waals surface area contributed by atoms with Crippen molar-refractivity contribution < 1.29 is 92.0 Å². The molecule has 0 aliphatic carbocycles. The number of fused-ring (bicyclic) bond motifs is 2. The second kappa shape index (κ2) is 38.9. The molecule has 13 amide bonds. The minimum Gasteiger partial charge on any atom is -0.481 e. The fraction of sp³-hybridized carbons (Fsp3) is 0.700. The summed E-state index contributed by atoms with van der Waals surface area (Å²) in [5.41, 5.74) is 11.7. The lowest BCUT2D eigenvalue weighted by molar-refractivity contribution is -0.149. The van der Waals surface area contributed by atoms with Gasteiger partial charge in [0.2, 0.25) is 76.8 Å². The van der Waals surface area contributed by atoms with E-state index >= 15 is 4.79 Å². The summed E-state index contributed by atoms with van der Waals surface area (Å²) in [5, 5.41) is 52.6. The zero-order chi connectivity index (χ0) is 69.8. The van der Waals surface area contributed by atoms with Crippen LogP contribution in [0.4, 0.5) is 0 Å². The van der Waals surface area contributed by atoms with Gasteiger partial charge in [0, 0.05) is 25.6 Å². The van der Waals surface area contributed by atoms with Crippen LogP contribution in [0.1, 0.15) is 158 Å². The van der Waals surface area contributed by atoms with E-state index in [1.54, 1.807) is 19.9 Å². The SMILES string of the molecule is CC[C@H](C)CCCCCCC/C=C\CC(=O)N[C@@H](CC(N)=O)C(=O)N[C@@H]1C(=O)N2CCCC[C@@H]2C(=O)N[C@@H]([C@@H](C)C(=O)O)C(=O)N[C@@H](CC(=O)O)C(=O)NCC(=O)N[C@@H](CC(=O)O)C(=O)NCC(=O)N[C@H]([C@H](C)N)C(=O)N[C@@H](C(C)C)C(=O)N2CCC[C@H]2C(=O)N[C@@H]1C. The zero-order valence-electron chi connectivity index (χ0n) is 54.0. The van der Waals surface area contributed by atoms with Gasteiger partial charge in [0.1, 0.15) is 54.4 Å². The number of carboxylic acids is 3. The van der Waals surface area contributed by atoms with Gasteiger partial charge in [0.15, 0.2) is 0 Å². The van der Waals surface area contributed by atoms with Crippen LogP contribution in [0, 0.1) is 17.8 Å². The van der Waals surface area contributed by atoms with Crippen LogP contribution in [0.2, 0.25) is 0 Å². The number of rotatable bonds is 24. The van der Waals surface area contributed by atoms with Crippen molar-refractivity contribution in [3.8, 4) is 0 Å². The van der Waals surface area contributed by atoms with Crippen molar-refractivity contribution in [3.05, 3.63) is 12.2 Å². The van der Waals surface area contributed by atoms with E-state index in [0.717, 1.165) is 50.3 Å². The lowest BCUT2D eigenvalue weighted by Crippen LogP contribution is -2.66. The Morgan fingerprint density at radius 2 is 1.14 bits per heavy atom. The number of primary amides is 1. The molecule has 0 radical (unpaired) electrons. The molecule has 3 aliphatic heterocycles. The molecular weight excluding hydrogens is 1220 g/mol. The summed E-state index contributed by atoms with van der Waals surface area (Å²) in [6.45, 7) is 8.86. The number of carboxylic acid groups (broad SMARTS) is 3. The zero-order valence-corrected chi connectivity index (χ0v) is 54.0. The van der Waals surface area contributed by atoms with Gasteiger partial charge < -0.3 is 89.8 Å². The predicted octanol–water partition coefficient (Wildman–Crippen LogP) is -3.23. The molecule has 0 unspecified atom stereocenters. The number of hydrogen-bond donors (Lipinski definition) is 15. The summed E-state index contributed by atoms with van der Waals surface area (Å²) in [5.74, 6) is -21.0. The average molecular weight is 1320 g/mol. The van der Waals surface area contributed by atoms with Gasteiger partial charge in [-0.15, -0.1) is 0 Å². The van der Waals surface area contributed by atoms with Crippen LogP contribution < -0.4 is 64.6 Å². The van der Waals surface area contributed by atoms with Crippen LogP contribution in [0.15, 0.2) is 12.2 Å². The van der Waals surface area contributed by atoms with Crippen molar-refractivity contribution in [2.45, 2.75) is 224 Å². The van der Waals surface area contributed by atoms with Crippen molar-refractivity contribution in [3.63, 3.8) is 0 Å². The largest absolute Gasteiger partial charge is 0.481 e. The third kappa shape index (κ3) is 26.0. The first-order valence-corrected chi connectivity index (χ1v) is 31.7. The van der Waals surface area contributed by atoms with E-state index in [4.69, 9.17) is 11.5 Å². The second-order valence-electron chi connectivity index (χ2n) is 24.4. The summed E-state index contributed by atoms with van der Waals surface area (Å²) < 4.78 is 0. The highest BCUT2D eigenvalue weighted by Gasteiger charge is 2.45. The minimum atomic E-state index is -2.13. The molecule has 13 atom stereocenters. The van der Waals surface area contributed by atoms with E-state index in [1.807, 2.05) is 16.7 Å². The number of allylic oxidation sites excluding steroid dienone is 1. The molecule has 0 bridgehead atoms. The number of hydrogen-bond acceptors (Lipinski definition) is 17. The molecule has 33 nitrogen and oxygen atoms in total. The minimum absolute atomic E-state index is 0.0284. The van der Waals surface area contributed by atoms with Gasteiger partial charge in [-0.2, -0.15) is 0 Å². The Labute approximate surface area is 539 Å². The maximum absolute atomic E-state index is 15.3. The van der Waals surface area contributed by atoms with Gasteiger partial charge in [-0.3, -0.25) is 76.7 Å². The number of piperidine rings is 1. The molecule has 3 heterocycles. The number of carbonyl (C=O) groups excluding carboxylic acids is 13. The maximum Gasteiger partial charge on any atom is 0.308 e. The normalized spacial score (nSPS) is 25.3. The first-order chi connectivity index (χ1) is 43.8. The second-order valence-corrected chi connectivity index (χ2v) is 24.4. The molecule has 93 heavy (non-hydrogen) atoms. The van der Waals surface area contributed by atoms with Crippen molar-refractivity contribution in [1.29, 1.82) is 0 Å². The predicted molar refractivity (Wildman–Crippen MR) is 330 cm³/mol. The maximum atomic E-state index is 15.3. The number of unbranched alkanes of at least 4 members (excludes halogenated alkanes) is 5. The third-order valence-corrected chi connectivity index (χ3v) is 16.4. The lowest BCUT2D eigenvalue weighted by atomic mass is 9.96. The summed E-state index contributed by atoms with van der Waals surface area (Å²) in [7, 11) is 0. The van der Waals surface area contributed by atoms with E-state index in [1.165, 1.54) is 25.2 Å². The van der Waals surface area contributed by atoms with Crippen molar-refractivity contribution >= 4 is 94.7 Å². The Kier molecular flexibility index (Phi) is 32.8. The molecule has 3 saturated heterocycles. The smallest absolute Gasteiger partial charge is 0.308 e. The molecule has 3 rings (SSSR count). The van der Waals surface area contributed by atoms with Gasteiger partial charge in [0.25, 0.3) is 0 Å². The van der Waals surface area contributed by atoms with Crippen LogP contribution >= 0.6 is 0 Å². The molecule has 33 heteroatoms. The summed E-state index contributed by atoms with van der Waals surface area (Å²) in [6, 6.07) is -18.3. The van der Waals surface area contributed by atoms with E-state index < -0.39 is 205 Å². The monoisotopic (exact) mass is 1320 g/mol. The number of nitrogens with two attached hydrogens (primary N) is 2. The van der Waals surface area contributed by atoms with Gasteiger partial charge in [-0.05, 0) is 77.6 Å². The first-order valence-electron chi connectivity index (χ1n) is 31.7. The molecule has 3 fully saturated rings. The van der Waals surface area contributed by atoms with Gasteiger partial charge in [-0.1, -0.05) is 78.4 Å². The Balaban J connectivity index is 2.14. The molecule has 520 valence electrons. The van der Waals surface area contributed by atoms with Crippen LogP contribution in [0.25, 0.3) is 0 Å². The Bertz CT molecular complexity index is 2740. The molecule has 0 saturated carbocycles. The van der Waals surface area contributed by atoms with Crippen molar-refractivity contribution in [1.82, 2.24) is 63.0 Å². The Morgan fingerprint density at radius 1 is 0.613 bits per heavy atom. The average Bonchev–Trinajstić information content (AvgIpc) is 1.81. The molecule has 3 aliphatic rings. The fourth-order valence-corrected chi connectivity index (χ4v) is 10.7. The van der Waals surface area contributed by atoms with Gasteiger partial charge in [-0.25, -0.2) is 0 Å². The number of aliphatic carboxylic acids is 3. The summed E-state index contributed by atoms with van der Waals surface area (Å²) in [6.07, 6.45) is 8.90. The highest BCUT2D eigenvalue weighted by molar-refractivity contribution is 6.01. The van der Waals surface area contributed by atoms with E-state index in [-0.39, 0.29) is 51.6 Å². The molecular formula is C60H96N14O19. The van der Waals surface area contributed by atoms with E-state index in [0.29, 0.717) is 12.3 Å².